The highest BCUT2D eigenvalue weighted by atomic mass is 14.9. The molecule has 1 N–H and O–H groups in total. The van der Waals surface area contributed by atoms with Crippen LogP contribution in [-0.2, 0) is 12.8 Å². The SMILES string of the molecule is CCNC(Cc1ccc(CC)cn1)C1C2CCCCC21. The molecule has 2 fully saturated rings. The van der Waals surface area contributed by atoms with Crippen LogP contribution in [0.25, 0.3) is 0 Å². The van der Waals surface area contributed by atoms with E-state index in [0.717, 1.165) is 37.1 Å². The van der Waals surface area contributed by atoms with Crippen molar-refractivity contribution in [1.29, 1.82) is 0 Å². The molecule has 2 heteroatoms. The van der Waals surface area contributed by atoms with Crippen molar-refractivity contribution in [3.8, 4) is 0 Å². The maximum Gasteiger partial charge on any atom is 0.0419 e. The maximum absolute atomic E-state index is 4.66. The van der Waals surface area contributed by atoms with Gasteiger partial charge in [0.25, 0.3) is 0 Å². The Kier molecular flexibility index (Phi) is 4.40. The van der Waals surface area contributed by atoms with Crippen LogP contribution >= 0.6 is 0 Å². The lowest BCUT2D eigenvalue weighted by Gasteiger charge is -2.18. The van der Waals surface area contributed by atoms with Gasteiger partial charge in [-0.25, -0.2) is 0 Å². The summed E-state index contributed by atoms with van der Waals surface area (Å²) in [5, 5.41) is 3.74. The fourth-order valence-electron chi connectivity index (χ4n) is 4.26. The average molecular weight is 272 g/mol. The van der Waals surface area contributed by atoms with E-state index >= 15 is 0 Å². The third-order valence-electron chi connectivity index (χ3n) is 5.38. The molecule has 1 aromatic rings. The predicted molar refractivity (Wildman–Crippen MR) is 83.7 cm³/mol. The Balaban J connectivity index is 1.64. The number of fused-ring (bicyclic) bond motifs is 1. The first-order valence-corrected chi connectivity index (χ1v) is 8.50. The lowest BCUT2D eigenvalue weighted by Crippen LogP contribution is -2.34. The second-order valence-corrected chi connectivity index (χ2v) is 6.57. The lowest BCUT2D eigenvalue weighted by molar-refractivity contribution is 0.434. The first kappa shape index (κ1) is 14.1. The van der Waals surface area contributed by atoms with Crippen LogP contribution in [0, 0.1) is 17.8 Å². The second-order valence-electron chi connectivity index (χ2n) is 6.57. The van der Waals surface area contributed by atoms with Crippen LogP contribution < -0.4 is 5.32 Å². The summed E-state index contributed by atoms with van der Waals surface area (Å²) in [7, 11) is 0. The molecular formula is C18H28N2. The predicted octanol–water partition coefficient (Wildman–Crippen LogP) is 3.60. The second kappa shape index (κ2) is 6.26. The van der Waals surface area contributed by atoms with Crippen LogP contribution in [-0.4, -0.2) is 17.6 Å². The summed E-state index contributed by atoms with van der Waals surface area (Å²) >= 11 is 0. The van der Waals surface area contributed by atoms with Gasteiger partial charge in [0.05, 0.1) is 0 Å². The topological polar surface area (TPSA) is 24.9 Å². The highest BCUT2D eigenvalue weighted by Gasteiger charge is 2.53. The molecule has 2 saturated carbocycles. The molecular weight excluding hydrogens is 244 g/mol. The molecule has 1 heterocycles. The summed E-state index contributed by atoms with van der Waals surface area (Å²) in [6, 6.07) is 5.12. The molecule has 3 atom stereocenters. The van der Waals surface area contributed by atoms with Crippen molar-refractivity contribution in [2.75, 3.05) is 6.54 Å². The van der Waals surface area contributed by atoms with Gasteiger partial charge in [-0.05, 0) is 55.2 Å². The van der Waals surface area contributed by atoms with Crippen molar-refractivity contribution < 1.29 is 0 Å². The van der Waals surface area contributed by atoms with Crippen molar-refractivity contribution in [2.24, 2.45) is 17.8 Å². The third-order valence-corrected chi connectivity index (χ3v) is 5.38. The zero-order valence-electron chi connectivity index (χ0n) is 12.9. The Bertz CT molecular complexity index is 414. The van der Waals surface area contributed by atoms with Gasteiger partial charge < -0.3 is 5.32 Å². The van der Waals surface area contributed by atoms with Gasteiger partial charge in [-0.3, -0.25) is 4.98 Å². The van der Waals surface area contributed by atoms with Crippen molar-refractivity contribution in [3.05, 3.63) is 29.6 Å². The van der Waals surface area contributed by atoms with E-state index in [2.05, 4.69) is 42.5 Å². The first-order valence-electron chi connectivity index (χ1n) is 8.50. The fraction of sp³-hybridized carbons (Fsp3) is 0.722. The summed E-state index contributed by atoms with van der Waals surface area (Å²) < 4.78 is 0. The molecule has 110 valence electrons. The Morgan fingerprint density at radius 2 is 1.95 bits per heavy atom. The Labute approximate surface area is 123 Å². The van der Waals surface area contributed by atoms with Crippen LogP contribution in [0.2, 0.25) is 0 Å². The van der Waals surface area contributed by atoms with Crippen molar-refractivity contribution in [2.45, 2.75) is 58.4 Å². The summed E-state index contributed by atoms with van der Waals surface area (Å²) in [4.78, 5) is 4.66. The highest BCUT2D eigenvalue weighted by Crippen LogP contribution is 2.57. The molecule has 0 aliphatic heterocycles. The van der Waals surface area contributed by atoms with Crippen LogP contribution in [0.1, 0.15) is 50.8 Å². The van der Waals surface area contributed by atoms with E-state index in [0.29, 0.717) is 6.04 Å². The molecule has 3 unspecified atom stereocenters. The van der Waals surface area contributed by atoms with E-state index in [1.165, 1.54) is 36.9 Å². The Morgan fingerprint density at radius 3 is 2.50 bits per heavy atom. The molecule has 3 rings (SSSR count). The van der Waals surface area contributed by atoms with E-state index in [4.69, 9.17) is 0 Å². The largest absolute Gasteiger partial charge is 0.314 e. The standard InChI is InChI=1S/C18H28N2/c1-3-13-9-10-14(20-12-13)11-17(19-4-2)18-15-7-5-6-8-16(15)18/h9-10,12,15-19H,3-8,11H2,1-2H3. The van der Waals surface area contributed by atoms with Gasteiger partial charge in [0.15, 0.2) is 0 Å². The van der Waals surface area contributed by atoms with Gasteiger partial charge in [-0.1, -0.05) is 32.8 Å². The fourth-order valence-corrected chi connectivity index (χ4v) is 4.26. The summed E-state index contributed by atoms with van der Waals surface area (Å²) in [6.45, 7) is 5.49. The van der Waals surface area contributed by atoms with Crippen LogP contribution in [0.3, 0.4) is 0 Å². The first-order chi connectivity index (χ1) is 9.83. The minimum absolute atomic E-state index is 0.646. The van der Waals surface area contributed by atoms with Gasteiger partial charge in [0.1, 0.15) is 0 Å². The van der Waals surface area contributed by atoms with E-state index in [-0.39, 0.29) is 0 Å². The van der Waals surface area contributed by atoms with Crippen molar-refractivity contribution in [3.63, 3.8) is 0 Å². The van der Waals surface area contributed by atoms with Crippen molar-refractivity contribution >= 4 is 0 Å². The number of rotatable bonds is 6. The smallest absolute Gasteiger partial charge is 0.0419 e. The van der Waals surface area contributed by atoms with Crippen LogP contribution in [0.5, 0.6) is 0 Å². The molecule has 0 spiro atoms. The van der Waals surface area contributed by atoms with E-state index in [1.807, 2.05) is 0 Å². The molecule has 2 aliphatic rings. The van der Waals surface area contributed by atoms with Gasteiger partial charge in [0, 0.05) is 24.4 Å². The molecule has 0 amide bonds. The average Bonchev–Trinajstić information content (AvgIpc) is 3.22. The quantitative estimate of drug-likeness (QED) is 0.856. The van der Waals surface area contributed by atoms with Gasteiger partial charge in [-0.2, -0.15) is 0 Å². The van der Waals surface area contributed by atoms with Crippen molar-refractivity contribution in [1.82, 2.24) is 10.3 Å². The number of aromatic nitrogens is 1. The normalized spacial score (nSPS) is 29.8. The molecule has 1 aromatic heterocycles. The van der Waals surface area contributed by atoms with E-state index in [1.54, 1.807) is 0 Å². The molecule has 0 aromatic carbocycles. The molecule has 0 saturated heterocycles. The molecule has 20 heavy (non-hydrogen) atoms. The van der Waals surface area contributed by atoms with E-state index in [9.17, 15) is 0 Å². The molecule has 2 aliphatic carbocycles. The van der Waals surface area contributed by atoms with E-state index < -0.39 is 0 Å². The minimum Gasteiger partial charge on any atom is -0.314 e. The zero-order valence-corrected chi connectivity index (χ0v) is 12.9. The lowest BCUT2D eigenvalue weighted by atomic mass is 10.0. The number of nitrogens with one attached hydrogen (secondary N) is 1. The van der Waals surface area contributed by atoms with Gasteiger partial charge >= 0.3 is 0 Å². The van der Waals surface area contributed by atoms with Crippen LogP contribution in [0.15, 0.2) is 18.3 Å². The number of aryl methyl sites for hydroxylation is 1. The van der Waals surface area contributed by atoms with Crippen LogP contribution in [0.4, 0.5) is 0 Å². The molecule has 0 radical (unpaired) electrons. The van der Waals surface area contributed by atoms with Gasteiger partial charge in [-0.15, -0.1) is 0 Å². The number of hydrogen-bond acceptors (Lipinski definition) is 2. The molecule has 0 bridgehead atoms. The summed E-state index contributed by atoms with van der Waals surface area (Å²) in [6.07, 6.45) is 10.1. The third kappa shape index (κ3) is 2.90. The van der Waals surface area contributed by atoms with Gasteiger partial charge in [0.2, 0.25) is 0 Å². The maximum atomic E-state index is 4.66. The Morgan fingerprint density at radius 1 is 1.20 bits per heavy atom. The highest BCUT2D eigenvalue weighted by molar-refractivity contribution is 5.16. The summed E-state index contributed by atoms with van der Waals surface area (Å²) in [5.74, 6) is 2.95. The Hall–Kier alpha value is -0.890. The number of hydrogen-bond donors (Lipinski definition) is 1. The monoisotopic (exact) mass is 272 g/mol. The zero-order chi connectivity index (χ0) is 13.9. The number of pyridine rings is 1. The minimum atomic E-state index is 0.646. The number of likely N-dealkylation sites (N-methyl/N-ethyl adjacent to an activating group) is 1. The summed E-state index contributed by atoms with van der Waals surface area (Å²) in [5.41, 5.74) is 2.60. The molecule has 2 nitrogen and oxygen atoms in total. The number of nitrogens with zero attached hydrogens (tertiary/aromatic N) is 1.